The third-order valence-electron chi connectivity index (χ3n) is 8.61. The van der Waals surface area contributed by atoms with Crippen molar-refractivity contribution >= 4 is 0 Å². The minimum Gasteiger partial charge on any atom is -0.493 e. The summed E-state index contributed by atoms with van der Waals surface area (Å²) in [7, 11) is 4.07. The molecule has 1 aromatic rings. The molecular weight excluding hydrogens is 314 g/mol. The van der Waals surface area contributed by atoms with Crippen LogP contribution in [0.1, 0.15) is 31.4 Å². The van der Waals surface area contributed by atoms with Crippen molar-refractivity contribution in [3.63, 3.8) is 0 Å². The van der Waals surface area contributed by atoms with E-state index in [-0.39, 0.29) is 23.0 Å². The molecule has 0 aromatic heterocycles. The lowest BCUT2D eigenvalue weighted by molar-refractivity contribution is -0.294. The lowest BCUT2D eigenvalue weighted by Crippen LogP contribution is -2.77. The quantitative estimate of drug-likeness (QED) is 0.786. The van der Waals surface area contributed by atoms with Gasteiger partial charge in [0.25, 0.3) is 0 Å². The molecule has 7 atom stereocenters. The maximum Gasteiger partial charge on any atom is 0.165 e. The summed E-state index contributed by atoms with van der Waals surface area (Å²) in [5.41, 5.74) is 3.29. The van der Waals surface area contributed by atoms with Crippen LogP contribution in [0.25, 0.3) is 0 Å². The predicted molar refractivity (Wildman–Crippen MR) is 94.3 cm³/mol. The Morgan fingerprint density at radius 1 is 1.28 bits per heavy atom. The van der Waals surface area contributed by atoms with E-state index < -0.39 is 0 Å². The van der Waals surface area contributed by atoms with E-state index >= 15 is 0 Å². The molecule has 0 amide bonds. The molecule has 4 heteroatoms. The number of hydrogen-bond acceptors (Lipinski definition) is 4. The zero-order valence-corrected chi connectivity index (χ0v) is 15.5. The summed E-state index contributed by atoms with van der Waals surface area (Å²) in [5, 5.41) is 0. The number of methoxy groups -OCH3 is 1. The maximum atomic E-state index is 6.71. The number of benzene rings is 1. The van der Waals surface area contributed by atoms with E-state index in [9.17, 15) is 0 Å². The number of likely N-dealkylation sites (N-methyl/N-ethyl adjacent to an activating group) is 1. The van der Waals surface area contributed by atoms with Gasteiger partial charge in [0.1, 0.15) is 12.2 Å². The summed E-state index contributed by atoms with van der Waals surface area (Å²) in [5.74, 6) is 3.20. The van der Waals surface area contributed by atoms with Gasteiger partial charge in [0.05, 0.1) is 13.7 Å². The zero-order chi connectivity index (χ0) is 17.1. The number of likely N-dealkylation sites (tertiary alicyclic amines) is 1. The van der Waals surface area contributed by atoms with Gasteiger partial charge in [-0.2, -0.15) is 0 Å². The average Bonchev–Trinajstić information content (AvgIpc) is 2.92. The standard InChI is InChI=1S/C21H27NO3/c1-11-15-13-9-12-5-6-14(23-4)17-16(12)21(15,7-8-22(13)3)19(25-17)18-20(11,2)10-24-18/h5-6,11,13,15,18-19H,7-10H2,1-4H3/t11-,13-,15?,18+,19+,20-,21+/m1/s1. The van der Waals surface area contributed by atoms with Gasteiger partial charge in [0, 0.05) is 22.4 Å². The monoisotopic (exact) mass is 341 g/mol. The second-order valence-corrected chi connectivity index (χ2v) is 9.26. The van der Waals surface area contributed by atoms with E-state index in [0.717, 1.165) is 31.1 Å². The number of piperidine rings is 1. The first-order chi connectivity index (χ1) is 12.0. The summed E-state index contributed by atoms with van der Waals surface area (Å²) in [6, 6.07) is 5.00. The number of ether oxygens (including phenoxy) is 3. The van der Waals surface area contributed by atoms with Crippen molar-refractivity contribution < 1.29 is 14.2 Å². The Kier molecular flexibility index (Phi) is 2.58. The number of rotatable bonds is 1. The van der Waals surface area contributed by atoms with Gasteiger partial charge in [-0.3, -0.25) is 0 Å². The van der Waals surface area contributed by atoms with Gasteiger partial charge in [-0.25, -0.2) is 0 Å². The van der Waals surface area contributed by atoms with E-state index in [0.29, 0.717) is 17.9 Å². The Hall–Kier alpha value is -1.26. The van der Waals surface area contributed by atoms with Gasteiger partial charge >= 0.3 is 0 Å². The molecule has 0 N–H and O–H groups in total. The average molecular weight is 341 g/mol. The number of fused-ring (bicyclic) bond motifs is 2. The van der Waals surface area contributed by atoms with Crippen LogP contribution in [0.5, 0.6) is 11.5 Å². The van der Waals surface area contributed by atoms with Gasteiger partial charge in [-0.1, -0.05) is 19.9 Å². The van der Waals surface area contributed by atoms with Crippen molar-refractivity contribution in [2.75, 3.05) is 27.3 Å². The molecule has 0 radical (unpaired) electrons. The van der Waals surface area contributed by atoms with Crippen molar-refractivity contribution in [3.8, 4) is 11.5 Å². The van der Waals surface area contributed by atoms with Crippen molar-refractivity contribution in [3.05, 3.63) is 23.3 Å². The summed E-state index contributed by atoms with van der Waals surface area (Å²) in [6.45, 7) is 6.93. The van der Waals surface area contributed by atoms with Crippen LogP contribution in [0.2, 0.25) is 0 Å². The van der Waals surface area contributed by atoms with Crippen LogP contribution >= 0.6 is 0 Å². The highest BCUT2D eigenvalue weighted by Crippen LogP contribution is 2.70. The van der Waals surface area contributed by atoms with Crippen LogP contribution in [0, 0.1) is 17.3 Å². The molecule has 2 aliphatic carbocycles. The molecule has 25 heavy (non-hydrogen) atoms. The maximum absolute atomic E-state index is 6.71. The predicted octanol–water partition coefficient (Wildman–Crippen LogP) is 2.63. The SMILES string of the molecule is COc1ccc2c3c1O[C@H]1[C@@H]4OC[C@]4(C)[C@H](C)C4[C@@H](C2)N(C)CC[C@@]341. The normalized spacial score (nSPS) is 48.9. The van der Waals surface area contributed by atoms with Crippen molar-refractivity contribution in [1.82, 2.24) is 4.90 Å². The van der Waals surface area contributed by atoms with Crippen LogP contribution < -0.4 is 9.47 Å². The fraction of sp³-hybridized carbons (Fsp3) is 0.714. The molecule has 1 saturated carbocycles. The van der Waals surface area contributed by atoms with Gasteiger partial charge in [0.2, 0.25) is 0 Å². The first-order valence-corrected chi connectivity index (χ1v) is 9.71. The van der Waals surface area contributed by atoms with Crippen LogP contribution in [-0.4, -0.2) is 50.5 Å². The number of nitrogens with zero attached hydrogens (tertiary/aromatic N) is 1. The second-order valence-electron chi connectivity index (χ2n) is 9.26. The molecule has 1 unspecified atom stereocenters. The zero-order valence-electron chi connectivity index (χ0n) is 15.5. The lowest BCUT2D eigenvalue weighted by atomic mass is 9.42. The summed E-state index contributed by atoms with van der Waals surface area (Å²) in [6.07, 6.45) is 2.67. The second kappa shape index (κ2) is 4.34. The Morgan fingerprint density at radius 2 is 2.12 bits per heavy atom. The Bertz CT molecular complexity index is 779. The fourth-order valence-corrected chi connectivity index (χ4v) is 7.17. The molecule has 6 rings (SSSR count). The molecule has 2 bridgehead atoms. The van der Waals surface area contributed by atoms with Crippen LogP contribution in [0.15, 0.2) is 12.1 Å². The Morgan fingerprint density at radius 3 is 2.84 bits per heavy atom. The van der Waals surface area contributed by atoms with Gasteiger partial charge in [-0.05, 0) is 49.9 Å². The van der Waals surface area contributed by atoms with Crippen LogP contribution in [0.3, 0.4) is 0 Å². The molecular formula is C21H27NO3. The molecule has 3 heterocycles. The van der Waals surface area contributed by atoms with E-state index in [1.165, 1.54) is 17.5 Å². The smallest absolute Gasteiger partial charge is 0.165 e. The molecule has 4 nitrogen and oxygen atoms in total. The largest absolute Gasteiger partial charge is 0.493 e. The molecule has 1 spiro atoms. The van der Waals surface area contributed by atoms with Gasteiger partial charge in [-0.15, -0.1) is 0 Å². The van der Waals surface area contributed by atoms with Crippen LogP contribution in [0.4, 0.5) is 0 Å². The topological polar surface area (TPSA) is 30.9 Å². The van der Waals surface area contributed by atoms with Crippen molar-refractivity contribution in [2.45, 2.75) is 50.4 Å². The summed E-state index contributed by atoms with van der Waals surface area (Å²) >= 11 is 0. The van der Waals surface area contributed by atoms with E-state index in [4.69, 9.17) is 14.2 Å². The highest BCUT2D eigenvalue weighted by Gasteiger charge is 2.74. The lowest BCUT2D eigenvalue weighted by Gasteiger charge is -2.68. The summed E-state index contributed by atoms with van der Waals surface area (Å²) < 4.78 is 18.6. The Balaban J connectivity index is 1.66. The van der Waals surface area contributed by atoms with Gasteiger partial charge in [0.15, 0.2) is 11.5 Å². The highest BCUT2D eigenvalue weighted by atomic mass is 16.6. The van der Waals surface area contributed by atoms with Crippen LogP contribution in [-0.2, 0) is 16.6 Å². The van der Waals surface area contributed by atoms with E-state index in [1.54, 1.807) is 7.11 Å². The minimum atomic E-state index is 0.110. The van der Waals surface area contributed by atoms with Crippen molar-refractivity contribution in [2.24, 2.45) is 17.3 Å². The highest BCUT2D eigenvalue weighted by molar-refractivity contribution is 5.61. The summed E-state index contributed by atoms with van der Waals surface area (Å²) in [4.78, 5) is 2.61. The molecule has 3 fully saturated rings. The molecule has 1 aromatic carbocycles. The fourth-order valence-electron chi connectivity index (χ4n) is 7.17. The third kappa shape index (κ3) is 1.39. The molecule has 5 aliphatic rings. The first-order valence-electron chi connectivity index (χ1n) is 9.71. The van der Waals surface area contributed by atoms with E-state index in [1.807, 2.05) is 0 Å². The first kappa shape index (κ1) is 14.9. The Labute approximate surface area is 149 Å². The molecule has 2 saturated heterocycles. The van der Waals surface area contributed by atoms with E-state index in [2.05, 4.69) is 37.9 Å². The number of hydrogen-bond donors (Lipinski definition) is 0. The van der Waals surface area contributed by atoms with Gasteiger partial charge < -0.3 is 19.1 Å². The molecule has 134 valence electrons. The molecule has 3 aliphatic heterocycles. The van der Waals surface area contributed by atoms with Crippen molar-refractivity contribution in [1.29, 1.82) is 0 Å². The third-order valence-corrected chi connectivity index (χ3v) is 8.61. The minimum absolute atomic E-state index is 0.110.